The third kappa shape index (κ3) is 16.4. The first-order valence-electron chi connectivity index (χ1n) is 10.8. The van der Waals surface area contributed by atoms with Gasteiger partial charge in [-0.25, -0.2) is 4.79 Å². The van der Waals surface area contributed by atoms with Crippen molar-refractivity contribution in [3.8, 4) is 0 Å². The van der Waals surface area contributed by atoms with E-state index in [1.165, 1.54) is 70.6 Å². The van der Waals surface area contributed by atoms with Gasteiger partial charge in [0.1, 0.15) is 6.61 Å². The van der Waals surface area contributed by atoms with E-state index in [2.05, 4.69) is 12.2 Å². The zero-order chi connectivity index (χ0) is 19.5. The average molecular weight is 370 g/mol. The lowest BCUT2D eigenvalue weighted by Crippen LogP contribution is -2.26. The first kappa shape index (κ1) is 25.0. The smallest absolute Gasteiger partial charge is 0.407 e. The molecule has 0 bridgehead atoms. The van der Waals surface area contributed by atoms with Gasteiger partial charge in [0.25, 0.3) is 0 Å². The van der Waals surface area contributed by atoms with E-state index in [1.54, 1.807) is 0 Å². The van der Waals surface area contributed by atoms with Gasteiger partial charge in [0, 0.05) is 6.54 Å². The van der Waals surface area contributed by atoms with Crippen LogP contribution in [0.25, 0.3) is 0 Å². The molecule has 0 atom stereocenters. The number of ether oxygens (including phenoxy) is 1. The molecule has 0 aliphatic heterocycles. The van der Waals surface area contributed by atoms with Crippen LogP contribution in [0.5, 0.6) is 0 Å². The van der Waals surface area contributed by atoms with Crippen LogP contribution in [0.1, 0.15) is 104 Å². The topological polar surface area (TPSA) is 58.6 Å². The number of aliphatic hydroxyl groups is 1. The van der Waals surface area contributed by atoms with Crippen LogP contribution in [-0.4, -0.2) is 31.0 Å². The summed E-state index contributed by atoms with van der Waals surface area (Å²) in [7, 11) is 0. The summed E-state index contributed by atoms with van der Waals surface area (Å²) in [5.41, 5.74) is 1.76. The van der Waals surface area contributed by atoms with Gasteiger partial charge in [0.2, 0.25) is 0 Å². The molecular formula is C22H43NO3. The molecule has 2 N–H and O–H groups in total. The minimum atomic E-state index is -0.392. The third-order valence-electron chi connectivity index (χ3n) is 4.83. The molecule has 0 saturated heterocycles. The van der Waals surface area contributed by atoms with Crippen molar-refractivity contribution in [3.63, 3.8) is 0 Å². The van der Waals surface area contributed by atoms with E-state index in [-0.39, 0.29) is 13.2 Å². The number of allylic oxidation sites excluding steroid dienone is 1. The molecule has 154 valence electrons. The molecule has 0 saturated carbocycles. The Kier molecular flexibility index (Phi) is 18.0. The summed E-state index contributed by atoms with van der Waals surface area (Å²) in [4.78, 5) is 11.6. The Balaban J connectivity index is 3.31. The highest BCUT2D eigenvalue weighted by molar-refractivity contribution is 5.67. The van der Waals surface area contributed by atoms with Crippen molar-refractivity contribution in [1.29, 1.82) is 0 Å². The van der Waals surface area contributed by atoms with E-state index < -0.39 is 6.09 Å². The summed E-state index contributed by atoms with van der Waals surface area (Å²) in [6.07, 6.45) is 16.8. The maximum Gasteiger partial charge on any atom is 0.407 e. The molecule has 4 heteroatoms. The summed E-state index contributed by atoms with van der Waals surface area (Å²) < 4.78 is 5.10. The van der Waals surface area contributed by atoms with Crippen LogP contribution in [0.15, 0.2) is 11.1 Å². The Morgan fingerprint density at radius 1 is 0.808 bits per heavy atom. The van der Waals surface area contributed by atoms with Crippen molar-refractivity contribution in [2.24, 2.45) is 0 Å². The van der Waals surface area contributed by atoms with E-state index in [1.807, 2.05) is 13.8 Å². The zero-order valence-electron chi connectivity index (χ0n) is 17.6. The molecule has 0 fully saturated rings. The molecule has 0 aromatic heterocycles. The summed E-state index contributed by atoms with van der Waals surface area (Å²) in [5, 5.41) is 11.9. The predicted molar refractivity (Wildman–Crippen MR) is 111 cm³/mol. The largest absolute Gasteiger partial charge is 0.445 e. The molecule has 0 radical (unpaired) electrons. The summed E-state index contributed by atoms with van der Waals surface area (Å²) in [6.45, 7) is 6.85. The third-order valence-corrected chi connectivity index (χ3v) is 4.83. The molecule has 4 nitrogen and oxygen atoms in total. The Labute approximate surface area is 161 Å². The molecule has 26 heavy (non-hydrogen) atoms. The van der Waals surface area contributed by atoms with Gasteiger partial charge in [0.05, 0.1) is 6.61 Å². The fourth-order valence-corrected chi connectivity index (χ4v) is 2.89. The molecule has 0 unspecified atom stereocenters. The fourth-order valence-electron chi connectivity index (χ4n) is 2.89. The molecule has 0 aliphatic carbocycles. The maximum atomic E-state index is 11.6. The SMILES string of the molecule is CCCCCCCCCCCCCCCNC(=O)OCC(CO)=C(C)C. The monoisotopic (exact) mass is 369 g/mol. The lowest BCUT2D eigenvalue weighted by molar-refractivity contribution is 0.151. The second kappa shape index (κ2) is 18.8. The Bertz CT molecular complexity index is 362. The summed E-state index contributed by atoms with van der Waals surface area (Å²) in [5.74, 6) is 0. The second-order valence-corrected chi connectivity index (χ2v) is 7.51. The van der Waals surface area contributed by atoms with Gasteiger partial charge in [-0.2, -0.15) is 0 Å². The highest BCUT2D eigenvalue weighted by Gasteiger charge is 2.04. The second-order valence-electron chi connectivity index (χ2n) is 7.51. The summed E-state index contributed by atoms with van der Waals surface area (Å²) >= 11 is 0. The molecule has 0 aromatic rings. The van der Waals surface area contributed by atoms with Crippen molar-refractivity contribution in [2.45, 2.75) is 104 Å². The van der Waals surface area contributed by atoms with Gasteiger partial charge in [-0.1, -0.05) is 89.5 Å². The molecule has 0 aliphatic rings. The van der Waals surface area contributed by atoms with Crippen molar-refractivity contribution in [3.05, 3.63) is 11.1 Å². The molecular weight excluding hydrogens is 326 g/mol. The minimum Gasteiger partial charge on any atom is -0.445 e. The average Bonchev–Trinajstić information content (AvgIpc) is 2.62. The molecule has 1 amide bonds. The van der Waals surface area contributed by atoms with Crippen LogP contribution < -0.4 is 5.32 Å². The van der Waals surface area contributed by atoms with Crippen molar-refractivity contribution in [1.82, 2.24) is 5.32 Å². The van der Waals surface area contributed by atoms with Gasteiger partial charge in [-0.3, -0.25) is 0 Å². The van der Waals surface area contributed by atoms with E-state index in [0.717, 1.165) is 24.0 Å². The highest BCUT2D eigenvalue weighted by Crippen LogP contribution is 2.12. The van der Waals surface area contributed by atoms with Crippen molar-refractivity contribution < 1.29 is 14.6 Å². The highest BCUT2D eigenvalue weighted by atomic mass is 16.5. The molecule has 0 heterocycles. The number of unbranched alkanes of at least 4 members (excludes halogenated alkanes) is 12. The van der Waals surface area contributed by atoms with E-state index in [4.69, 9.17) is 9.84 Å². The minimum absolute atomic E-state index is 0.0610. The Morgan fingerprint density at radius 3 is 1.69 bits per heavy atom. The van der Waals surface area contributed by atoms with E-state index in [9.17, 15) is 4.79 Å². The normalized spacial score (nSPS) is 10.6. The standard InChI is InChI=1S/C22H43NO3/c1-4-5-6-7-8-9-10-11-12-13-14-15-16-17-23-22(25)26-19-21(18-24)20(2)3/h24H,4-19H2,1-3H3,(H,23,25). The van der Waals surface area contributed by atoms with Crippen LogP contribution in [-0.2, 0) is 4.74 Å². The number of rotatable bonds is 17. The Hall–Kier alpha value is -1.03. The lowest BCUT2D eigenvalue weighted by Gasteiger charge is -2.09. The fraction of sp³-hybridized carbons (Fsp3) is 0.864. The van der Waals surface area contributed by atoms with E-state index in [0.29, 0.717) is 6.54 Å². The number of hydrogen-bond acceptors (Lipinski definition) is 3. The first-order chi connectivity index (χ1) is 12.6. The van der Waals surface area contributed by atoms with Gasteiger partial charge >= 0.3 is 6.09 Å². The zero-order valence-corrected chi connectivity index (χ0v) is 17.6. The van der Waals surface area contributed by atoms with Crippen LogP contribution >= 0.6 is 0 Å². The first-order valence-corrected chi connectivity index (χ1v) is 10.8. The predicted octanol–water partition coefficient (Wildman–Crippen LogP) is 6.13. The molecule has 0 aromatic carbocycles. The van der Waals surface area contributed by atoms with Crippen LogP contribution in [0.2, 0.25) is 0 Å². The van der Waals surface area contributed by atoms with Gasteiger partial charge in [-0.05, 0) is 25.8 Å². The number of amides is 1. The van der Waals surface area contributed by atoms with Crippen molar-refractivity contribution >= 4 is 6.09 Å². The number of aliphatic hydroxyl groups excluding tert-OH is 1. The van der Waals surface area contributed by atoms with E-state index >= 15 is 0 Å². The summed E-state index contributed by atoms with van der Waals surface area (Å²) in [6, 6.07) is 0. The quantitative estimate of drug-likeness (QED) is 0.239. The van der Waals surface area contributed by atoms with Gasteiger partial charge in [0.15, 0.2) is 0 Å². The van der Waals surface area contributed by atoms with Crippen LogP contribution in [0.3, 0.4) is 0 Å². The number of hydrogen-bond donors (Lipinski definition) is 2. The Morgan fingerprint density at radius 2 is 1.27 bits per heavy atom. The number of nitrogens with one attached hydrogen (secondary N) is 1. The van der Waals surface area contributed by atoms with Gasteiger partial charge in [-0.15, -0.1) is 0 Å². The molecule has 0 spiro atoms. The number of carbonyl (C=O) groups excluding carboxylic acids is 1. The van der Waals surface area contributed by atoms with Crippen molar-refractivity contribution in [2.75, 3.05) is 19.8 Å². The van der Waals surface area contributed by atoms with Crippen LogP contribution in [0, 0.1) is 0 Å². The maximum absolute atomic E-state index is 11.6. The van der Waals surface area contributed by atoms with Crippen LogP contribution in [0.4, 0.5) is 4.79 Å². The lowest BCUT2D eigenvalue weighted by atomic mass is 10.0. The number of carbonyl (C=O) groups is 1. The van der Waals surface area contributed by atoms with Gasteiger partial charge < -0.3 is 15.2 Å². The molecule has 0 rings (SSSR count). The number of alkyl carbamates (subject to hydrolysis) is 1.